The maximum Gasteiger partial charge on any atom is 0.291 e. The summed E-state index contributed by atoms with van der Waals surface area (Å²) in [6.45, 7) is 4.29. The van der Waals surface area contributed by atoms with Crippen molar-refractivity contribution in [3.8, 4) is 5.69 Å². The van der Waals surface area contributed by atoms with E-state index in [1.807, 2.05) is 24.3 Å². The number of hydrogen-bond acceptors (Lipinski definition) is 4. The summed E-state index contributed by atoms with van der Waals surface area (Å²) in [5.74, 6) is 0.595. The summed E-state index contributed by atoms with van der Waals surface area (Å²) in [7, 11) is 0. The Morgan fingerprint density at radius 3 is 2.86 bits per heavy atom. The zero-order valence-electron chi connectivity index (χ0n) is 15.7. The van der Waals surface area contributed by atoms with Crippen molar-refractivity contribution in [2.45, 2.75) is 39.4 Å². The van der Waals surface area contributed by atoms with Crippen LogP contribution in [0.1, 0.15) is 46.5 Å². The molecule has 1 amide bonds. The van der Waals surface area contributed by atoms with E-state index in [0.717, 1.165) is 36.6 Å². The van der Waals surface area contributed by atoms with E-state index in [1.165, 1.54) is 11.1 Å². The van der Waals surface area contributed by atoms with Gasteiger partial charge in [-0.25, -0.2) is 9.67 Å². The van der Waals surface area contributed by atoms with Crippen LogP contribution in [0.15, 0.2) is 42.5 Å². The van der Waals surface area contributed by atoms with Gasteiger partial charge in [0.15, 0.2) is 0 Å². The Balaban J connectivity index is 1.53. The summed E-state index contributed by atoms with van der Waals surface area (Å²) in [5.41, 5.74) is 4.40. The summed E-state index contributed by atoms with van der Waals surface area (Å²) in [5, 5.41) is 11.3. The Morgan fingerprint density at radius 2 is 2.04 bits per heavy atom. The molecule has 7 heteroatoms. The van der Waals surface area contributed by atoms with Crippen molar-refractivity contribution >= 4 is 17.5 Å². The number of aromatic nitrogens is 3. The van der Waals surface area contributed by atoms with Gasteiger partial charge in [-0.15, -0.1) is 5.10 Å². The van der Waals surface area contributed by atoms with E-state index in [0.29, 0.717) is 18.0 Å². The topological polar surface area (TPSA) is 71.8 Å². The highest BCUT2D eigenvalue weighted by molar-refractivity contribution is 6.32. The van der Waals surface area contributed by atoms with Gasteiger partial charge >= 0.3 is 0 Å². The standard InChI is InChI=1S/C21H22ClN5O/c1-2-5-19-25-20(26-27(19)18-7-4-3-6-17(18)22)21(28)24-11-14-8-9-15-12-23-13-16(15)10-14/h3-4,6-10,23H,2,5,11-13H2,1H3,(H,24,28). The molecule has 2 heterocycles. The van der Waals surface area contributed by atoms with Gasteiger partial charge < -0.3 is 10.6 Å². The number of benzene rings is 2. The quantitative estimate of drug-likeness (QED) is 0.671. The van der Waals surface area contributed by atoms with E-state index in [1.54, 1.807) is 10.7 Å². The van der Waals surface area contributed by atoms with Crippen LogP contribution in [0.5, 0.6) is 0 Å². The van der Waals surface area contributed by atoms with Gasteiger partial charge in [0.25, 0.3) is 5.91 Å². The van der Waals surface area contributed by atoms with E-state index >= 15 is 0 Å². The molecule has 3 aromatic rings. The second-order valence-electron chi connectivity index (χ2n) is 6.85. The lowest BCUT2D eigenvalue weighted by Crippen LogP contribution is -2.24. The SMILES string of the molecule is CCCc1nc(C(=O)NCc2ccc3c(c2)CNC3)nn1-c1ccccc1Cl. The first-order valence-electron chi connectivity index (χ1n) is 9.46. The van der Waals surface area contributed by atoms with Crippen molar-refractivity contribution in [3.05, 3.63) is 75.8 Å². The molecule has 0 radical (unpaired) electrons. The molecule has 0 aliphatic carbocycles. The second-order valence-corrected chi connectivity index (χ2v) is 7.26. The number of hydrogen-bond donors (Lipinski definition) is 2. The van der Waals surface area contributed by atoms with Gasteiger partial charge in [0, 0.05) is 26.1 Å². The minimum atomic E-state index is -0.290. The minimum absolute atomic E-state index is 0.159. The molecule has 6 nitrogen and oxygen atoms in total. The summed E-state index contributed by atoms with van der Waals surface area (Å²) in [6, 6.07) is 13.7. The van der Waals surface area contributed by atoms with Crippen LogP contribution in [0.25, 0.3) is 5.69 Å². The van der Waals surface area contributed by atoms with Gasteiger partial charge in [-0.1, -0.05) is 48.9 Å². The second kappa shape index (κ2) is 8.12. The number of para-hydroxylation sites is 1. The van der Waals surface area contributed by atoms with Crippen molar-refractivity contribution in [1.82, 2.24) is 25.4 Å². The van der Waals surface area contributed by atoms with Crippen LogP contribution in [0, 0.1) is 0 Å². The molecule has 2 aromatic carbocycles. The molecule has 0 saturated carbocycles. The average Bonchev–Trinajstić information content (AvgIpc) is 3.33. The highest BCUT2D eigenvalue weighted by Gasteiger charge is 2.18. The maximum atomic E-state index is 12.6. The molecule has 4 rings (SSSR count). The first kappa shape index (κ1) is 18.7. The van der Waals surface area contributed by atoms with E-state index in [9.17, 15) is 4.79 Å². The van der Waals surface area contributed by atoms with Gasteiger partial charge in [-0.05, 0) is 35.2 Å². The van der Waals surface area contributed by atoms with Crippen LogP contribution in [0.2, 0.25) is 5.02 Å². The highest BCUT2D eigenvalue weighted by atomic mass is 35.5. The van der Waals surface area contributed by atoms with Crippen LogP contribution < -0.4 is 10.6 Å². The maximum absolute atomic E-state index is 12.6. The van der Waals surface area contributed by atoms with Crippen molar-refractivity contribution < 1.29 is 4.79 Å². The fraction of sp³-hybridized carbons (Fsp3) is 0.286. The Hall–Kier alpha value is -2.70. The third-order valence-electron chi connectivity index (χ3n) is 4.79. The molecule has 28 heavy (non-hydrogen) atoms. The molecule has 144 valence electrons. The number of carbonyl (C=O) groups is 1. The van der Waals surface area contributed by atoms with Crippen LogP contribution >= 0.6 is 11.6 Å². The lowest BCUT2D eigenvalue weighted by molar-refractivity contribution is 0.0940. The summed E-state index contributed by atoms with van der Waals surface area (Å²) >= 11 is 6.31. The van der Waals surface area contributed by atoms with E-state index < -0.39 is 0 Å². The number of fused-ring (bicyclic) bond motifs is 1. The molecule has 0 spiro atoms. The monoisotopic (exact) mass is 395 g/mol. The fourth-order valence-corrected chi connectivity index (χ4v) is 3.58. The number of carbonyl (C=O) groups excluding carboxylic acids is 1. The van der Waals surface area contributed by atoms with Crippen molar-refractivity contribution in [3.63, 3.8) is 0 Å². The van der Waals surface area contributed by atoms with Crippen LogP contribution in [0.4, 0.5) is 0 Å². The van der Waals surface area contributed by atoms with Crippen LogP contribution in [-0.2, 0) is 26.1 Å². The normalized spacial score (nSPS) is 12.8. The molecule has 0 unspecified atom stereocenters. The zero-order valence-corrected chi connectivity index (χ0v) is 16.5. The first-order valence-corrected chi connectivity index (χ1v) is 9.84. The number of nitrogens with one attached hydrogen (secondary N) is 2. The molecule has 1 aromatic heterocycles. The number of amides is 1. The zero-order chi connectivity index (χ0) is 19.5. The molecular formula is C21H22ClN5O. The number of rotatable bonds is 6. The predicted molar refractivity (Wildman–Crippen MR) is 109 cm³/mol. The Kier molecular flexibility index (Phi) is 5.41. The first-order chi connectivity index (χ1) is 13.7. The van der Waals surface area contributed by atoms with Gasteiger partial charge in [0.2, 0.25) is 5.82 Å². The van der Waals surface area contributed by atoms with Gasteiger partial charge in [-0.2, -0.15) is 0 Å². The van der Waals surface area contributed by atoms with E-state index in [-0.39, 0.29) is 11.7 Å². The molecule has 0 saturated heterocycles. The summed E-state index contributed by atoms with van der Waals surface area (Å²) in [4.78, 5) is 17.1. The van der Waals surface area contributed by atoms with E-state index in [4.69, 9.17) is 11.6 Å². The van der Waals surface area contributed by atoms with Crippen molar-refractivity contribution in [2.24, 2.45) is 0 Å². The molecule has 1 aliphatic heterocycles. The smallest absolute Gasteiger partial charge is 0.291 e. The summed E-state index contributed by atoms with van der Waals surface area (Å²) in [6.07, 6.45) is 1.61. The molecule has 2 N–H and O–H groups in total. The van der Waals surface area contributed by atoms with Crippen LogP contribution in [0.3, 0.4) is 0 Å². The number of aryl methyl sites for hydroxylation is 1. The largest absolute Gasteiger partial charge is 0.345 e. The summed E-state index contributed by atoms with van der Waals surface area (Å²) < 4.78 is 1.67. The Morgan fingerprint density at radius 1 is 1.21 bits per heavy atom. The Bertz CT molecular complexity index is 1010. The number of nitrogens with zero attached hydrogens (tertiary/aromatic N) is 3. The van der Waals surface area contributed by atoms with Crippen LogP contribution in [-0.4, -0.2) is 20.7 Å². The number of halogens is 1. The van der Waals surface area contributed by atoms with Crippen molar-refractivity contribution in [1.29, 1.82) is 0 Å². The van der Waals surface area contributed by atoms with Gasteiger partial charge in [-0.3, -0.25) is 4.79 Å². The minimum Gasteiger partial charge on any atom is -0.345 e. The third-order valence-corrected chi connectivity index (χ3v) is 5.11. The third kappa shape index (κ3) is 3.79. The predicted octanol–water partition coefficient (Wildman–Crippen LogP) is 3.41. The molecule has 0 atom stereocenters. The van der Waals surface area contributed by atoms with Gasteiger partial charge in [0.1, 0.15) is 5.82 Å². The fourth-order valence-electron chi connectivity index (χ4n) is 3.36. The molecule has 0 fully saturated rings. The van der Waals surface area contributed by atoms with Gasteiger partial charge in [0.05, 0.1) is 10.7 Å². The average molecular weight is 396 g/mol. The molecule has 1 aliphatic rings. The van der Waals surface area contributed by atoms with E-state index in [2.05, 4.69) is 39.8 Å². The van der Waals surface area contributed by atoms with Crippen molar-refractivity contribution in [2.75, 3.05) is 0 Å². The molecule has 0 bridgehead atoms. The lowest BCUT2D eigenvalue weighted by Gasteiger charge is -2.06. The highest BCUT2D eigenvalue weighted by Crippen LogP contribution is 2.21. The lowest BCUT2D eigenvalue weighted by atomic mass is 10.1. The molecular weight excluding hydrogens is 374 g/mol. The Labute approximate surface area is 168 Å².